The highest BCUT2D eigenvalue weighted by atomic mass is 16.2. The number of hydrogen-bond donors (Lipinski definition) is 2. The number of nitrogens with one attached hydrogen (secondary N) is 1. The van der Waals surface area contributed by atoms with E-state index in [1.54, 1.807) is 0 Å². The van der Waals surface area contributed by atoms with Crippen LogP contribution in [0, 0.1) is 5.92 Å². The van der Waals surface area contributed by atoms with Crippen molar-refractivity contribution in [2.45, 2.75) is 31.7 Å². The number of hydrogen-bond acceptors (Lipinski definition) is 2. The molecule has 1 aliphatic carbocycles. The van der Waals surface area contributed by atoms with Crippen LogP contribution in [-0.2, 0) is 0 Å². The molecule has 0 aromatic heterocycles. The molecular formula is C10H19N3O. The lowest BCUT2D eigenvalue weighted by Crippen LogP contribution is -2.47. The van der Waals surface area contributed by atoms with E-state index in [1.807, 2.05) is 4.90 Å². The van der Waals surface area contributed by atoms with Crippen LogP contribution < -0.4 is 11.1 Å². The van der Waals surface area contributed by atoms with Crippen LogP contribution in [0.3, 0.4) is 0 Å². The first-order valence-electron chi connectivity index (χ1n) is 5.57. The molecule has 4 nitrogen and oxygen atoms in total. The molecule has 2 rings (SSSR count). The van der Waals surface area contributed by atoms with E-state index in [1.165, 1.54) is 12.8 Å². The molecule has 3 N–H and O–H groups in total. The van der Waals surface area contributed by atoms with Crippen molar-refractivity contribution in [3.8, 4) is 0 Å². The lowest BCUT2D eigenvalue weighted by molar-refractivity contribution is 0.203. The van der Waals surface area contributed by atoms with Crippen molar-refractivity contribution < 1.29 is 4.79 Å². The Balaban J connectivity index is 1.79. The Morgan fingerprint density at radius 3 is 2.57 bits per heavy atom. The van der Waals surface area contributed by atoms with E-state index in [0.29, 0.717) is 12.5 Å². The van der Waals surface area contributed by atoms with E-state index >= 15 is 0 Å². The standard InChI is InChI=1S/C10H19N3O/c11-7-9(8-3-4-8)12-10(14)13-5-1-2-6-13/h8-9H,1-7,11H2,(H,12,14). The number of carbonyl (C=O) groups is 1. The fraction of sp³-hybridized carbons (Fsp3) is 0.900. The molecule has 1 atom stereocenters. The molecular weight excluding hydrogens is 178 g/mol. The van der Waals surface area contributed by atoms with Crippen molar-refractivity contribution in [2.24, 2.45) is 11.7 Å². The fourth-order valence-corrected chi connectivity index (χ4v) is 2.04. The largest absolute Gasteiger partial charge is 0.334 e. The van der Waals surface area contributed by atoms with Crippen LogP contribution in [0.1, 0.15) is 25.7 Å². The van der Waals surface area contributed by atoms with Crippen LogP contribution in [0.5, 0.6) is 0 Å². The van der Waals surface area contributed by atoms with Gasteiger partial charge in [0.1, 0.15) is 0 Å². The Labute approximate surface area is 84.8 Å². The number of likely N-dealkylation sites (tertiary alicyclic amines) is 1. The molecule has 1 unspecified atom stereocenters. The molecule has 14 heavy (non-hydrogen) atoms. The highest BCUT2D eigenvalue weighted by Gasteiger charge is 2.32. The van der Waals surface area contributed by atoms with Gasteiger partial charge < -0.3 is 16.0 Å². The summed E-state index contributed by atoms with van der Waals surface area (Å²) >= 11 is 0. The summed E-state index contributed by atoms with van der Waals surface area (Å²) in [6.07, 6.45) is 4.73. The molecule has 4 heteroatoms. The Kier molecular flexibility index (Phi) is 2.91. The molecule has 1 heterocycles. The zero-order valence-electron chi connectivity index (χ0n) is 8.54. The number of amides is 2. The maximum atomic E-state index is 11.7. The summed E-state index contributed by atoms with van der Waals surface area (Å²) < 4.78 is 0. The maximum absolute atomic E-state index is 11.7. The smallest absolute Gasteiger partial charge is 0.317 e. The van der Waals surface area contributed by atoms with Gasteiger partial charge in [0.2, 0.25) is 0 Å². The van der Waals surface area contributed by atoms with Crippen molar-refractivity contribution in [3.05, 3.63) is 0 Å². The number of nitrogens with two attached hydrogens (primary N) is 1. The minimum absolute atomic E-state index is 0.0878. The maximum Gasteiger partial charge on any atom is 0.317 e. The Morgan fingerprint density at radius 2 is 2.07 bits per heavy atom. The highest BCUT2D eigenvalue weighted by molar-refractivity contribution is 5.74. The topological polar surface area (TPSA) is 58.4 Å². The second kappa shape index (κ2) is 4.17. The Morgan fingerprint density at radius 1 is 1.43 bits per heavy atom. The summed E-state index contributed by atoms with van der Waals surface area (Å²) in [5.41, 5.74) is 5.63. The average Bonchev–Trinajstić information content (AvgIpc) is 2.88. The van der Waals surface area contributed by atoms with Crippen molar-refractivity contribution >= 4 is 6.03 Å². The molecule has 2 aliphatic rings. The van der Waals surface area contributed by atoms with Gasteiger partial charge in [0.25, 0.3) is 0 Å². The molecule has 0 radical (unpaired) electrons. The molecule has 1 saturated heterocycles. The first kappa shape index (κ1) is 9.77. The first-order chi connectivity index (χ1) is 6.81. The number of carbonyl (C=O) groups excluding carboxylic acids is 1. The van der Waals surface area contributed by atoms with E-state index in [9.17, 15) is 4.79 Å². The third kappa shape index (κ3) is 2.18. The zero-order valence-corrected chi connectivity index (χ0v) is 8.54. The zero-order chi connectivity index (χ0) is 9.97. The molecule has 80 valence electrons. The third-order valence-electron chi connectivity index (χ3n) is 3.15. The van der Waals surface area contributed by atoms with Gasteiger partial charge in [-0.15, -0.1) is 0 Å². The van der Waals surface area contributed by atoms with Crippen LogP contribution >= 0.6 is 0 Å². The molecule has 0 aromatic carbocycles. The molecule has 1 saturated carbocycles. The Bertz CT molecular complexity index is 209. The van der Waals surface area contributed by atoms with Crippen LogP contribution in [0.25, 0.3) is 0 Å². The SMILES string of the molecule is NCC(NC(=O)N1CCCC1)C1CC1. The van der Waals surface area contributed by atoms with Gasteiger partial charge in [0.05, 0.1) is 0 Å². The molecule has 0 spiro atoms. The lowest BCUT2D eigenvalue weighted by Gasteiger charge is -2.21. The van der Waals surface area contributed by atoms with Gasteiger partial charge in [-0.05, 0) is 31.6 Å². The van der Waals surface area contributed by atoms with Crippen molar-refractivity contribution in [1.82, 2.24) is 10.2 Å². The summed E-state index contributed by atoms with van der Waals surface area (Å²) in [7, 11) is 0. The van der Waals surface area contributed by atoms with Crippen LogP contribution in [-0.4, -0.2) is 36.6 Å². The summed E-state index contributed by atoms with van der Waals surface area (Å²) in [6.45, 7) is 2.39. The predicted molar refractivity (Wildman–Crippen MR) is 54.9 cm³/mol. The predicted octanol–water partition coefficient (Wildman–Crippen LogP) is 0.529. The van der Waals surface area contributed by atoms with E-state index in [0.717, 1.165) is 25.9 Å². The van der Waals surface area contributed by atoms with Crippen LogP contribution in [0.4, 0.5) is 4.79 Å². The fourth-order valence-electron chi connectivity index (χ4n) is 2.04. The summed E-state index contributed by atoms with van der Waals surface area (Å²) in [5.74, 6) is 0.645. The van der Waals surface area contributed by atoms with Crippen molar-refractivity contribution in [2.75, 3.05) is 19.6 Å². The van der Waals surface area contributed by atoms with Crippen molar-refractivity contribution in [3.63, 3.8) is 0 Å². The summed E-state index contributed by atoms with van der Waals surface area (Å²) in [4.78, 5) is 13.6. The molecule has 0 aromatic rings. The first-order valence-corrected chi connectivity index (χ1v) is 5.57. The van der Waals surface area contributed by atoms with Gasteiger partial charge in [-0.1, -0.05) is 0 Å². The van der Waals surface area contributed by atoms with Gasteiger partial charge in [-0.3, -0.25) is 0 Å². The van der Waals surface area contributed by atoms with E-state index in [2.05, 4.69) is 5.32 Å². The summed E-state index contributed by atoms with van der Waals surface area (Å²) in [6, 6.07) is 0.299. The van der Waals surface area contributed by atoms with E-state index in [-0.39, 0.29) is 12.1 Å². The molecule has 0 bridgehead atoms. The van der Waals surface area contributed by atoms with Gasteiger partial charge >= 0.3 is 6.03 Å². The lowest BCUT2D eigenvalue weighted by atomic mass is 10.2. The van der Waals surface area contributed by atoms with E-state index < -0.39 is 0 Å². The third-order valence-corrected chi connectivity index (χ3v) is 3.15. The summed E-state index contributed by atoms with van der Waals surface area (Å²) in [5, 5.41) is 3.03. The monoisotopic (exact) mass is 197 g/mol. The molecule has 2 fully saturated rings. The second-order valence-corrected chi connectivity index (χ2v) is 4.32. The molecule has 1 aliphatic heterocycles. The normalized spacial score (nSPS) is 23.6. The average molecular weight is 197 g/mol. The van der Waals surface area contributed by atoms with Crippen molar-refractivity contribution in [1.29, 1.82) is 0 Å². The number of rotatable bonds is 3. The Hall–Kier alpha value is -0.770. The number of urea groups is 1. The number of nitrogens with zero attached hydrogens (tertiary/aromatic N) is 1. The second-order valence-electron chi connectivity index (χ2n) is 4.32. The van der Waals surface area contributed by atoms with Gasteiger partial charge in [-0.2, -0.15) is 0 Å². The quantitative estimate of drug-likeness (QED) is 0.693. The van der Waals surface area contributed by atoms with Crippen LogP contribution in [0.15, 0.2) is 0 Å². The van der Waals surface area contributed by atoms with Gasteiger partial charge in [-0.25, -0.2) is 4.79 Å². The van der Waals surface area contributed by atoms with Crippen LogP contribution in [0.2, 0.25) is 0 Å². The van der Waals surface area contributed by atoms with Gasteiger partial charge in [0, 0.05) is 25.7 Å². The minimum atomic E-state index is 0.0878. The molecule has 2 amide bonds. The highest BCUT2D eigenvalue weighted by Crippen LogP contribution is 2.32. The van der Waals surface area contributed by atoms with Gasteiger partial charge in [0.15, 0.2) is 0 Å². The van der Waals surface area contributed by atoms with E-state index in [4.69, 9.17) is 5.73 Å². The minimum Gasteiger partial charge on any atom is -0.334 e.